The van der Waals surface area contributed by atoms with Gasteiger partial charge in [-0.1, -0.05) is 66.7 Å². The second-order valence-corrected chi connectivity index (χ2v) is 8.37. The molecule has 0 N–H and O–H groups in total. The molecule has 0 radical (unpaired) electrons. The highest BCUT2D eigenvalue weighted by Crippen LogP contribution is 2.14. The Labute approximate surface area is 187 Å². The topological polar surface area (TPSA) is 22.6 Å². The van der Waals surface area contributed by atoms with Gasteiger partial charge in [-0.25, -0.2) is 4.98 Å². The quantitative estimate of drug-likeness (QED) is 0.492. The van der Waals surface area contributed by atoms with Crippen LogP contribution in [-0.2, 0) is 13.0 Å². The first-order chi connectivity index (χ1) is 15.4. The number of aromatic nitrogens is 1. The van der Waals surface area contributed by atoms with Gasteiger partial charge in [-0.3, -0.25) is 4.90 Å². The monoisotopic (exact) mass is 414 g/mol. The molecule has 2 aromatic carbocycles. The summed E-state index contributed by atoms with van der Waals surface area (Å²) in [7, 11) is 0. The zero-order chi connectivity index (χ0) is 21.1. The van der Waals surface area contributed by atoms with E-state index in [9.17, 15) is 0 Å². The second-order valence-electron chi connectivity index (χ2n) is 8.37. The molecule has 4 nitrogen and oxygen atoms in total. The van der Waals surface area contributed by atoms with Crippen molar-refractivity contribution in [1.82, 2.24) is 14.8 Å². The minimum absolute atomic E-state index is 0.900. The summed E-state index contributed by atoms with van der Waals surface area (Å²) >= 11 is 0. The lowest BCUT2D eigenvalue weighted by Crippen LogP contribution is -2.48. The smallest absolute Gasteiger partial charge is 0.128 e. The summed E-state index contributed by atoms with van der Waals surface area (Å²) in [4.78, 5) is 12.2. The molecule has 1 aromatic heterocycles. The van der Waals surface area contributed by atoms with Crippen molar-refractivity contribution >= 4 is 5.82 Å². The first kappa shape index (κ1) is 21.5. The molecule has 0 spiro atoms. The number of hydrogen-bond acceptors (Lipinski definition) is 4. The molecule has 1 aliphatic rings. The molecule has 1 aliphatic heterocycles. The van der Waals surface area contributed by atoms with E-state index in [1.807, 2.05) is 12.3 Å². The van der Waals surface area contributed by atoms with E-state index in [2.05, 4.69) is 92.5 Å². The lowest BCUT2D eigenvalue weighted by Gasteiger charge is -2.36. The second kappa shape index (κ2) is 11.6. The Hall–Kier alpha value is -2.69. The number of anilines is 1. The van der Waals surface area contributed by atoms with Crippen molar-refractivity contribution < 1.29 is 0 Å². The molecular formula is C27H34N4. The Morgan fingerprint density at radius 1 is 0.677 bits per heavy atom. The van der Waals surface area contributed by atoms with Crippen molar-refractivity contribution in [3.05, 3.63) is 96.2 Å². The zero-order valence-electron chi connectivity index (χ0n) is 18.4. The van der Waals surface area contributed by atoms with Gasteiger partial charge in [-0.05, 0) is 42.6 Å². The lowest BCUT2D eigenvalue weighted by atomic mass is 10.1. The van der Waals surface area contributed by atoms with E-state index in [0.29, 0.717) is 0 Å². The van der Waals surface area contributed by atoms with E-state index in [4.69, 9.17) is 0 Å². The van der Waals surface area contributed by atoms with Gasteiger partial charge in [0.05, 0.1) is 0 Å². The summed E-state index contributed by atoms with van der Waals surface area (Å²) in [6.45, 7) is 8.86. The maximum absolute atomic E-state index is 4.61. The van der Waals surface area contributed by atoms with Gasteiger partial charge in [0.2, 0.25) is 0 Å². The molecule has 0 bridgehead atoms. The zero-order valence-corrected chi connectivity index (χ0v) is 18.4. The van der Waals surface area contributed by atoms with Crippen molar-refractivity contribution in [2.45, 2.75) is 19.4 Å². The third-order valence-corrected chi connectivity index (χ3v) is 6.12. The Morgan fingerprint density at radius 2 is 1.29 bits per heavy atom. The molecule has 162 valence electrons. The van der Waals surface area contributed by atoms with Crippen LogP contribution in [0.1, 0.15) is 17.5 Å². The molecule has 31 heavy (non-hydrogen) atoms. The molecule has 4 rings (SSSR count). The predicted octanol–water partition coefficient (Wildman–Crippen LogP) is 4.34. The first-order valence-electron chi connectivity index (χ1n) is 11.6. The number of rotatable bonds is 10. The molecule has 3 aromatic rings. The van der Waals surface area contributed by atoms with Gasteiger partial charge < -0.3 is 9.80 Å². The Balaban J connectivity index is 1.22. The number of piperazine rings is 1. The fraction of sp³-hybridized carbons (Fsp3) is 0.370. The molecular weight excluding hydrogens is 380 g/mol. The van der Waals surface area contributed by atoms with E-state index in [1.54, 1.807) is 0 Å². The number of aryl methyl sites for hydroxylation is 1. The SMILES string of the molecule is c1ccc(CCCN2CCN(CCN(Cc3ccccc3)c3ccccn3)CC2)cc1. The van der Waals surface area contributed by atoms with E-state index in [0.717, 1.165) is 38.5 Å². The summed E-state index contributed by atoms with van der Waals surface area (Å²) < 4.78 is 0. The third-order valence-electron chi connectivity index (χ3n) is 6.12. The largest absolute Gasteiger partial charge is 0.351 e. The minimum Gasteiger partial charge on any atom is -0.351 e. The van der Waals surface area contributed by atoms with Crippen LogP contribution in [0.25, 0.3) is 0 Å². The Bertz CT molecular complexity index is 862. The average molecular weight is 415 g/mol. The number of pyridine rings is 1. The number of nitrogens with zero attached hydrogens (tertiary/aromatic N) is 4. The Morgan fingerprint density at radius 3 is 1.94 bits per heavy atom. The highest BCUT2D eigenvalue weighted by Gasteiger charge is 2.18. The van der Waals surface area contributed by atoms with Gasteiger partial charge in [0, 0.05) is 52.0 Å². The highest BCUT2D eigenvalue weighted by atomic mass is 15.3. The van der Waals surface area contributed by atoms with Crippen LogP contribution in [0, 0.1) is 0 Å². The molecule has 0 atom stereocenters. The van der Waals surface area contributed by atoms with E-state index < -0.39 is 0 Å². The van der Waals surface area contributed by atoms with Gasteiger partial charge in [-0.15, -0.1) is 0 Å². The molecule has 0 aliphatic carbocycles. The molecule has 2 heterocycles. The van der Waals surface area contributed by atoms with Crippen LogP contribution in [0.4, 0.5) is 5.82 Å². The van der Waals surface area contributed by atoms with Gasteiger partial charge in [0.1, 0.15) is 5.82 Å². The fourth-order valence-electron chi connectivity index (χ4n) is 4.27. The molecule has 4 heteroatoms. The van der Waals surface area contributed by atoms with Crippen LogP contribution >= 0.6 is 0 Å². The van der Waals surface area contributed by atoms with Gasteiger partial charge in [0.15, 0.2) is 0 Å². The predicted molar refractivity (Wildman–Crippen MR) is 129 cm³/mol. The Kier molecular flexibility index (Phi) is 8.08. The van der Waals surface area contributed by atoms with Crippen molar-refractivity contribution in [3.63, 3.8) is 0 Å². The summed E-state index contributed by atoms with van der Waals surface area (Å²) in [6, 6.07) is 27.7. The molecule has 0 amide bonds. The molecule has 0 unspecified atom stereocenters. The van der Waals surface area contributed by atoms with Crippen LogP contribution in [0.2, 0.25) is 0 Å². The third kappa shape index (κ3) is 6.91. The van der Waals surface area contributed by atoms with Crippen molar-refractivity contribution in [3.8, 4) is 0 Å². The van der Waals surface area contributed by atoms with Gasteiger partial charge in [0.25, 0.3) is 0 Å². The maximum Gasteiger partial charge on any atom is 0.128 e. The van der Waals surface area contributed by atoms with E-state index >= 15 is 0 Å². The molecule has 0 saturated carbocycles. The summed E-state index contributed by atoms with van der Waals surface area (Å²) in [5, 5.41) is 0. The first-order valence-corrected chi connectivity index (χ1v) is 11.6. The fourth-order valence-corrected chi connectivity index (χ4v) is 4.27. The summed E-state index contributed by atoms with van der Waals surface area (Å²) in [5.74, 6) is 1.06. The summed E-state index contributed by atoms with van der Waals surface area (Å²) in [6.07, 6.45) is 4.32. The van der Waals surface area contributed by atoms with Crippen LogP contribution in [0.3, 0.4) is 0 Å². The molecule has 1 fully saturated rings. The molecule has 1 saturated heterocycles. The lowest BCUT2D eigenvalue weighted by molar-refractivity contribution is 0.133. The van der Waals surface area contributed by atoms with Crippen molar-refractivity contribution in [1.29, 1.82) is 0 Å². The van der Waals surface area contributed by atoms with Gasteiger partial charge in [-0.2, -0.15) is 0 Å². The normalized spacial score (nSPS) is 15.1. The number of hydrogen-bond donors (Lipinski definition) is 0. The van der Waals surface area contributed by atoms with Crippen molar-refractivity contribution in [2.24, 2.45) is 0 Å². The average Bonchev–Trinajstić information content (AvgIpc) is 2.84. The van der Waals surface area contributed by atoms with Gasteiger partial charge >= 0.3 is 0 Å². The highest BCUT2D eigenvalue weighted by molar-refractivity contribution is 5.39. The van der Waals surface area contributed by atoms with Crippen LogP contribution < -0.4 is 4.90 Å². The number of benzene rings is 2. The minimum atomic E-state index is 0.900. The standard InChI is InChI=1S/C27H34N4/c1-3-10-25(11-4-1)14-9-17-29-18-20-30(21-19-29)22-23-31(27-15-7-8-16-28-27)24-26-12-5-2-6-13-26/h1-8,10-13,15-16H,9,14,17-24H2. The van der Waals surface area contributed by atoms with E-state index in [-0.39, 0.29) is 0 Å². The summed E-state index contributed by atoms with van der Waals surface area (Å²) in [5.41, 5.74) is 2.78. The van der Waals surface area contributed by atoms with Crippen LogP contribution in [-0.4, -0.2) is 60.6 Å². The van der Waals surface area contributed by atoms with Crippen molar-refractivity contribution in [2.75, 3.05) is 50.7 Å². The maximum atomic E-state index is 4.61. The van der Waals surface area contributed by atoms with Crippen LogP contribution in [0.5, 0.6) is 0 Å². The van der Waals surface area contributed by atoms with Crippen LogP contribution in [0.15, 0.2) is 85.1 Å². The van der Waals surface area contributed by atoms with E-state index in [1.165, 1.54) is 43.6 Å².